The molecule has 1 aliphatic carbocycles. The van der Waals surface area contributed by atoms with E-state index in [1.807, 2.05) is 12.1 Å². The summed E-state index contributed by atoms with van der Waals surface area (Å²) < 4.78 is 10.9. The lowest BCUT2D eigenvalue weighted by atomic mass is 9.99. The van der Waals surface area contributed by atoms with Crippen LogP contribution in [0, 0.1) is 0 Å². The second kappa shape index (κ2) is 7.37. The molecule has 7 heteroatoms. The highest BCUT2D eigenvalue weighted by molar-refractivity contribution is 6.01. The zero-order valence-electron chi connectivity index (χ0n) is 14.9. The molecule has 1 atom stereocenters. The molecule has 2 heterocycles. The molecular weight excluding hydrogens is 332 g/mol. The Labute approximate surface area is 152 Å². The molecule has 1 saturated heterocycles. The molecule has 2 aromatic rings. The number of methoxy groups -OCH3 is 1. The summed E-state index contributed by atoms with van der Waals surface area (Å²) in [6, 6.07) is 5.55. The molecule has 7 nitrogen and oxygen atoms in total. The number of hydrogen-bond acceptors (Lipinski definition) is 4. The number of rotatable bonds is 4. The van der Waals surface area contributed by atoms with Gasteiger partial charge in [0.25, 0.3) is 0 Å². The van der Waals surface area contributed by atoms with Gasteiger partial charge in [-0.2, -0.15) is 5.10 Å². The Morgan fingerprint density at radius 1 is 1.31 bits per heavy atom. The van der Waals surface area contributed by atoms with Crippen LogP contribution in [0.3, 0.4) is 0 Å². The largest absolute Gasteiger partial charge is 0.495 e. The molecule has 138 valence electrons. The van der Waals surface area contributed by atoms with E-state index in [0.717, 1.165) is 50.1 Å². The summed E-state index contributed by atoms with van der Waals surface area (Å²) in [7, 11) is 1.62. The van der Waals surface area contributed by atoms with Gasteiger partial charge in [0, 0.05) is 24.3 Å². The van der Waals surface area contributed by atoms with Gasteiger partial charge >= 0.3 is 6.03 Å². The lowest BCUT2D eigenvalue weighted by Crippen LogP contribution is -2.21. The van der Waals surface area contributed by atoms with E-state index < -0.39 is 0 Å². The molecule has 1 aromatic heterocycles. The predicted octanol–water partition coefficient (Wildman–Crippen LogP) is 3.45. The third kappa shape index (κ3) is 3.39. The number of ether oxygens (including phenoxy) is 2. The summed E-state index contributed by atoms with van der Waals surface area (Å²) in [6.45, 7) is 1.52. The van der Waals surface area contributed by atoms with E-state index in [1.165, 1.54) is 11.1 Å². The van der Waals surface area contributed by atoms with Crippen LogP contribution in [0.2, 0.25) is 0 Å². The standard InChI is InChI=1S/C19H24N4O3/c1-25-16-8-7-12-4-2-6-14(12)18(16)21-19(24)20-17-10-15(22-23-17)13-5-3-9-26-11-13/h7-8,10,13H,2-6,9,11H2,1H3,(H3,20,21,22,23,24). The summed E-state index contributed by atoms with van der Waals surface area (Å²) in [5.74, 6) is 1.50. The number of H-pyrrole nitrogens is 1. The van der Waals surface area contributed by atoms with Crippen LogP contribution in [0.5, 0.6) is 5.75 Å². The number of carbonyl (C=O) groups is 1. The van der Waals surface area contributed by atoms with E-state index >= 15 is 0 Å². The number of urea groups is 1. The second-order valence-corrected chi connectivity index (χ2v) is 6.84. The van der Waals surface area contributed by atoms with Crippen LogP contribution in [0.4, 0.5) is 16.3 Å². The Bertz CT molecular complexity index is 796. The maximum Gasteiger partial charge on any atom is 0.325 e. The average molecular weight is 356 g/mol. The van der Waals surface area contributed by atoms with E-state index in [1.54, 1.807) is 7.11 Å². The highest BCUT2D eigenvalue weighted by atomic mass is 16.5. The average Bonchev–Trinajstić information content (AvgIpc) is 3.32. The number of amides is 2. The highest BCUT2D eigenvalue weighted by Gasteiger charge is 2.21. The van der Waals surface area contributed by atoms with Crippen molar-refractivity contribution in [1.82, 2.24) is 10.2 Å². The van der Waals surface area contributed by atoms with Crippen LogP contribution in [-0.2, 0) is 17.6 Å². The summed E-state index contributed by atoms with van der Waals surface area (Å²) in [5, 5.41) is 13.0. The van der Waals surface area contributed by atoms with Crippen LogP contribution < -0.4 is 15.4 Å². The van der Waals surface area contributed by atoms with Crippen LogP contribution in [0.15, 0.2) is 18.2 Å². The van der Waals surface area contributed by atoms with Crippen molar-refractivity contribution in [2.24, 2.45) is 0 Å². The smallest absolute Gasteiger partial charge is 0.325 e. The molecule has 1 unspecified atom stereocenters. The van der Waals surface area contributed by atoms with Crippen molar-refractivity contribution in [1.29, 1.82) is 0 Å². The minimum Gasteiger partial charge on any atom is -0.495 e. The van der Waals surface area contributed by atoms with Crippen molar-refractivity contribution >= 4 is 17.5 Å². The van der Waals surface area contributed by atoms with Crippen molar-refractivity contribution < 1.29 is 14.3 Å². The van der Waals surface area contributed by atoms with Gasteiger partial charge in [-0.1, -0.05) is 6.07 Å². The maximum atomic E-state index is 12.5. The first-order chi connectivity index (χ1) is 12.7. The van der Waals surface area contributed by atoms with Gasteiger partial charge in [0.1, 0.15) is 5.75 Å². The lowest BCUT2D eigenvalue weighted by Gasteiger charge is -2.20. The number of aromatic amines is 1. The van der Waals surface area contributed by atoms with Crippen molar-refractivity contribution in [2.75, 3.05) is 31.0 Å². The SMILES string of the molecule is COc1ccc2c(c1NC(=O)Nc1cc(C3CCCOC3)[nH]n1)CCC2. The van der Waals surface area contributed by atoms with E-state index in [-0.39, 0.29) is 6.03 Å². The van der Waals surface area contributed by atoms with Gasteiger partial charge in [0.15, 0.2) is 5.82 Å². The van der Waals surface area contributed by atoms with Gasteiger partial charge in [0.05, 0.1) is 19.4 Å². The molecule has 0 spiro atoms. The van der Waals surface area contributed by atoms with Gasteiger partial charge in [-0.25, -0.2) is 4.79 Å². The maximum absolute atomic E-state index is 12.5. The number of nitrogens with one attached hydrogen (secondary N) is 3. The number of aromatic nitrogens is 2. The summed E-state index contributed by atoms with van der Waals surface area (Å²) in [4.78, 5) is 12.5. The van der Waals surface area contributed by atoms with E-state index in [2.05, 4.69) is 26.9 Å². The Hall–Kier alpha value is -2.54. The molecule has 0 saturated carbocycles. The number of benzene rings is 1. The van der Waals surface area contributed by atoms with Crippen molar-refractivity contribution in [2.45, 2.75) is 38.0 Å². The van der Waals surface area contributed by atoms with Gasteiger partial charge in [-0.05, 0) is 49.3 Å². The number of carbonyl (C=O) groups excluding carboxylic acids is 1. The third-order valence-electron chi connectivity index (χ3n) is 5.14. The number of hydrogen-bond donors (Lipinski definition) is 3. The zero-order chi connectivity index (χ0) is 17.9. The normalized spacial score (nSPS) is 19.0. The number of nitrogens with zero attached hydrogens (tertiary/aromatic N) is 1. The quantitative estimate of drug-likeness (QED) is 0.783. The molecular formula is C19H24N4O3. The number of fused-ring (bicyclic) bond motifs is 1. The second-order valence-electron chi connectivity index (χ2n) is 6.84. The van der Waals surface area contributed by atoms with Crippen LogP contribution >= 0.6 is 0 Å². The summed E-state index contributed by atoms with van der Waals surface area (Å²) in [6.07, 6.45) is 5.22. The Balaban J connectivity index is 1.45. The van der Waals surface area contributed by atoms with E-state index in [4.69, 9.17) is 9.47 Å². The minimum atomic E-state index is -0.318. The molecule has 1 aliphatic heterocycles. The third-order valence-corrected chi connectivity index (χ3v) is 5.14. The van der Waals surface area contributed by atoms with Crippen molar-refractivity contribution in [3.05, 3.63) is 35.0 Å². The molecule has 2 amide bonds. The fraction of sp³-hybridized carbons (Fsp3) is 0.474. The lowest BCUT2D eigenvalue weighted by molar-refractivity contribution is 0.0793. The van der Waals surface area contributed by atoms with E-state index in [9.17, 15) is 4.79 Å². The molecule has 0 radical (unpaired) electrons. The predicted molar refractivity (Wildman–Crippen MR) is 99.0 cm³/mol. The van der Waals surface area contributed by atoms with Gasteiger partial charge in [-0.15, -0.1) is 0 Å². The molecule has 3 N–H and O–H groups in total. The van der Waals surface area contributed by atoms with E-state index in [0.29, 0.717) is 24.1 Å². The Morgan fingerprint density at radius 2 is 2.23 bits per heavy atom. The molecule has 1 fully saturated rings. The fourth-order valence-corrected chi connectivity index (χ4v) is 3.81. The molecule has 1 aromatic carbocycles. The van der Waals surface area contributed by atoms with Crippen LogP contribution in [-0.4, -0.2) is 36.6 Å². The first-order valence-corrected chi connectivity index (χ1v) is 9.14. The molecule has 0 bridgehead atoms. The van der Waals surface area contributed by atoms with Crippen LogP contribution in [0.25, 0.3) is 0 Å². The number of anilines is 2. The summed E-state index contributed by atoms with van der Waals surface area (Å²) >= 11 is 0. The molecule has 26 heavy (non-hydrogen) atoms. The monoisotopic (exact) mass is 356 g/mol. The van der Waals surface area contributed by atoms with Crippen LogP contribution in [0.1, 0.15) is 42.0 Å². The Morgan fingerprint density at radius 3 is 3.04 bits per heavy atom. The Kier molecular flexibility index (Phi) is 4.79. The summed E-state index contributed by atoms with van der Waals surface area (Å²) in [5.41, 5.74) is 4.21. The van der Waals surface area contributed by atoms with Crippen molar-refractivity contribution in [3.8, 4) is 5.75 Å². The van der Waals surface area contributed by atoms with Gasteiger partial charge < -0.3 is 14.8 Å². The first-order valence-electron chi connectivity index (χ1n) is 9.14. The highest BCUT2D eigenvalue weighted by Crippen LogP contribution is 2.36. The molecule has 4 rings (SSSR count). The first kappa shape index (κ1) is 16.9. The van der Waals surface area contributed by atoms with Gasteiger partial charge in [-0.3, -0.25) is 10.4 Å². The number of aryl methyl sites for hydroxylation is 1. The van der Waals surface area contributed by atoms with Crippen molar-refractivity contribution in [3.63, 3.8) is 0 Å². The molecule has 2 aliphatic rings. The topological polar surface area (TPSA) is 88.3 Å². The van der Waals surface area contributed by atoms with Gasteiger partial charge in [0.2, 0.25) is 0 Å². The zero-order valence-corrected chi connectivity index (χ0v) is 14.9. The fourth-order valence-electron chi connectivity index (χ4n) is 3.81. The minimum absolute atomic E-state index is 0.312.